The van der Waals surface area contributed by atoms with E-state index in [0.29, 0.717) is 5.67 Å². The molecular formula is C10H25NO2Si2. The van der Waals surface area contributed by atoms with Crippen LogP contribution in [-0.2, 0) is 8.85 Å². The molecule has 0 bridgehead atoms. The zero-order valence-electron chi connectivity index (χ0n) is 10.7. The summed E-state index contributed by atoms with van der Waals surface area (Å²) in [6, 6.07) is 0. The van der Waals surface area contributed by atoms with Crippen molar-refractivity contribution < 1.29 is 8.85 Å². The van der Waals surface area contributed by atoms with E-state index in [1.165, 1.54) is 25.8 Å². The lowest BCUT2D eigenvalue weighted by atomic mass is 10.2. The van der Waals surface area contributed by atoms with E-state index in [4.69, 9.17) is 8.85 Å². The van der Waals surface area contributed by atoms with Gasteiger partial charge in [-0.3, -0.25) is 0 Å². The third kappa shape index (κ3) is 3.39. The fraction of sp³-hybridized carbons (Fsp3) is 1.00. The molecule has 0 aromatic heterocycles. The Hall–Kier alpha value is 0.314. The van der Waals surface area contributed by atoms with E-state index in [2.05, 4.69) is 24.2 Å². The Labute approximate surface area is 96.7 Å². The Morgan fingerprint density at radius 1 is 1.13 bits per heavy atom. The lowest BCUT2D eigenvalue weighted by Gasteiger charge is -2.45. The summed E-state index contributed by atoms with van der Waals surface area (Å²) in [5.74, 6) is 0. The van der Waals surface area contributed by atoms with Crippen molar-refractivity contribution in [1.82, 2.24) is 4.57 Å². The first-order chi connectivity index (χ1) is 7.00. The molecule has 0 saturated carbocycles. The van der Waals surface area contributed by atoms with Gasteiger partial charge in [-0.05, 0) is 19.4 Å². The molecule has 0 spiro atoms. The molecule has 1 heterocycles. The molecule has 1 fully saturated rings. The van der Waals surface area contributed by atoms with Gasteiger partial charge in [-0.25, -0.2) is 0 Å². The number of hydrogen-bond acceptors (Lipinski definition) is 3. The normalized spacial score (nSPS) is 24.8. The second-order valence-electron chi connectivity index (χ2n) is 5.27. The lowest BCUT2D eigenvalue weighted by Crippen LogP contribution is -2.60. The molecule has 90 valence electrons. The van der Waals surface area contributed by atoms with Crippen LogP contribution in [0.1, 0.15) is 19.3 Å². The Kier molecular flexibility index (Phi) is 4.98. The standard InChI is InChI=1S/C10H25NO2Si2/c1-12-14(13-2)10-8-6-7-9-11(10)15(3,4)5/h10,14H,6-9H2,1-5H3. The molecule has 1 atom stereocenters. The molecular weight excluding hydrogens is 222 g/mol. The predicted molar refractivity (Wildman–Crippen MR) is 68.9 cm³/mol. The zero-order chi connectivity index (χ0) is 11.5. The van der Waals surface area contributed by atoms with Gasteiger partial charge in [0.05, 0.1) is 0 Å². The highest BCUT2D eigenvalue weighted by Gasteiger charge is 2.38. The molecule has 0 aliphatic carbocycles. The van der Waals surface area contributed by atoms with Crippen LogP contribution in [0.3, 0.4) is 0 Å². The predicted octanol–water partition coefficient (Wildman–Crippen LogP) is 1.73. The maximum absolute atomic E-state index is 5.56. The van der Waals surface area contributed by atoms with Gasteiger partial charge in [0.2, 0.25) is 0 Å². The zero-order valence-corrected chi connectivity index (χ0v) is 12.9. The third-order valence-corrected chi connectivity index (χ3v) is 8.02. The van der Waals surface area contributed by atoms with Crippen LogP contribution in [-0.4, -0.2) is 48.5 Å². The maximum Gasteiger partial charge on any atom is 0.338 e. The van der Waals surface area contributed by atoms with Crippen LogP contribution in [0.15, 0.2) is 0 Å². The average Bonchev–Trinajstić information content (AvgIpc) is 2.19. The van der Waals surface area contributed by atoms with Gasteiger partial charge in [0.25, 0.3) is 0 Å². The molecule has 1 aliphatic heterocycles. The van der Waals surface area contributed by atoms with Crippen molar-refractivity contribution in [2.75, 3.05) is 20.8 Å². The number of rotatable bonds is 4. The summed E-state index contributed by atoms with van der Waals surface area (Å²) in [5.41, 5.74) is 0.598. The summed E-state index contributed by atoms with van der Waals surface area (Å²) in [5, 5.41) is 0. The van der Waals surface area contributed by atoms with Crippen LogP contribution < -0.4 is 0 Å². The first-order valence-corrected chi connectivity index (χ1v) is 10.9. The van der Waals surface area contributed by atoms with Crippen molar-refractivity contribution in [3.05, 3.63) is 0 Å². The van der Waals surface area contributed by atoms with E-state index in [1.807, 2.05) is 0 Å². The molecule has 0 N–H and O–H groups in total. The molecule has 1 aliphatic rings. The number of nitrogens with zero attached hydrogens (tertiary/aromatic N) is 1. The van der Waals surface area contributed by atoms with E-state index in [0.717, 1.165) is 0 Å². The molecule has 1 rings (SSSR count). The summed E-state index contributed by atoms with van der Waals surface area (Å²) in [4.78, 5) is 0. The molecule has 0 radical (unpaired) electrons. The minimum atomic E-state index is -1.47. The molecule has 15 heavy (non-hydrogen) atoms. The second kappa shape index (κ2) is 5.59. The first-order valence-electron chi connectivity index (χ1n) is 5.83. The molecule has 0 aromatic carbocycles. The van der Waals surface area contributed by atoms with Gasteiger partial charge >= 0.3 is 9.28 Å². The highest BCUT2D eigenvalue weighted by atomic mass is 28.3. The first kappa shape index (κ1) is 13.4. The maximum atomic E-state index is 5.56. The minimum absolute atomic E-state index is 0.598. The summed E-state index contributed by atoms with van der Waals surface area (Å²) < 4.78 is 13.8. The highest BCUT2D eigenvalue weighted by Crippen LogP contribution is 2.25. The summed E-state index contributed by atoms with van der Waals surface area (Å²) in [6.45, 7) is 8.50. The largest absolute Gasteiger partial charge is 0.399 e. The van der Waals surface area contributed by atoms with Crippen LogP contribution in [0.2, 0.25) is 19.6 Å². The Morgan fingerprint density at radius 2 is 1.73 bits per heavy atom. The Bertz CT molecular complexity index is 192. The monoisotopic (exact) mass is 247 g/mol. The van der Waals surface area contributed by atoms with Gasteiger partial charge in [-0.15, -0.1) is 0 Å². The van der Waals surface area contributed by atoms with Crippen LogP contribution in [0, 0.1) is 0 Å². The molecule has 3 nitrogen and oxygen atoms in total. The van der Waals surface area contributed by atoms with E-state index in [9.17, 15) is 0 Å². The minimum Gasteiger partial charge on any atom is -0.399 e. The third-order valence-electron chi connectivity index (χ3n) is 3.19. The van der Waals surface area contributed by atoms with E-state index >= 15 is 0 Å². The summed E-state index contributed by atoms with van der Waals surface area (Å²) >= 11 is 0. The van der Waals surface area contributed by atoms with Crippen LogP contribution in [0.4, 0.5) is 0 Å². The van der Waals surface area contributed by atoms with Crippen LogP contribution in [0.25, 0.3) is 0 Å². The van der Waals surface area contributed by atoms with Gasteiger partial charge < -0.3 is 13.4 Å². The summed E-state index contributed by atoms with van der Waals surface area (Å²) in [6.07, 6.45) is 3.94. The SMILES string of the molecule is CO[SiH](OC)C1CCCCN1[Si](C)(C)C. The fourth-order valence-corrected chi connectivity index (χ4v) is 7.91. The van der Waals surface area contributed by atoms with Crippen molar-refractivity contribution in [3.8, 4) is 0 Å². The Morgan fingerprint density at radius 3 is 2.20 bits per heavy atom. The smallest absolute Gasteiger partial charge is 0.338 e. The van der Waals surface area contributed by atoms with E-state index in [1.54, 1.807) is 14.2 Å². The second-order valence-corrected chi connectivity index (χ2v) is 12.6. The lowest BCUT2D eigenvalue weighted by molar-refractivity contribution is 0.205. The van der Waals surface area contributed by atoms with Gasteiger partial charge in [0.15, 0.2) is 0 Å². The van der Waals surface area contributed by atoms with Gasteiger partial charge in [-0.2, -0.15) is 0 Å². The van der Waals surface area contributed by atoms with Crippen molar-refractivity contribution in [2.24, 2.45) is 0 Å². The molecule has 5 heteroatoms. The quantitative estimate of drug-likeness (QED) is 0.706. The summed E-state index contributed by atoms with van der Waals surface area (Å²) in [7, 11) is 0.929. The van der Waals surface area contributed by atoms with Crippen molar-refractivity contribution in [1.29, 1.82) is 0 Å². The molecule has 1 unspecified atom stereocenters. The fourth-order valence-electron chi connectivity index (χ4n) is 2.48. The van der Waals surface area contributed by atoms with Gasteiger partial charge in [0.1, 0.15) is 8.24 Å². The van der Waals surface area contributed by atoms with Crippen molar-refractivity contribution in [2.45, 2.75) is 44.6 Å². The number of hydrogen-bond donors (Lipinski definition) is 0. The molecule has 0 aromatic rings. The van der Waals surface area contributed by atoms with Crippen molar-refractivity contribution in [3.63, 3.8) is 0 Å². The highest BCUT2D eigenvalue weighted by molar-refractivity contribution is 6.74. The molecule has 1 saturated heterocycles. The van der Waals surface area contributed by atoms with Crippen LogP contribution >= 0.6 is 0 Å². The molecule has 0 amide bonds. The number of piperidine rings is 1. The van der Waals surface area contributed by atoms with Gasteiger partial charge in [-0.1, -0.05) is 26.1 Å². The van der Waals surface area contributed by atoms with Crippen LogP contribution in [0.5, 0.6) is 0 Å². The topological polar surface area (TPSA) is 21.7 Å². The van der Waals surface area contributed by atoms with E-state index < -0.39 is 17.5 Å². The van der Waals surface area contributed by atoms with Gasteiger partial charge in [0, 0.05) is 19.9 Å². The Balaban J connectivity index is 2.73. The van der Waals surface area contributed by atoms with E-state index in [-0.39, 0.29) is 0 Å². The van der Waals surface area contributed by atoms with Crippen molar-refractivity contribution >= 4 is 17.5 Å². The average molecular weight is 247 g/mol.